The highest BCUT2D eigenvalue weighted by Gasteiger charge is 2.56. The molecule has 4 unspecified atom stereocenters. The van der Waals surface area contributed by atoms with Crippen molar-refractivity contribution in [1.82, 2.24) is 26.4 Å². The molecular formula is C21H31ClFN5O. The van der Waals surface area contributed by atoms with Gasteiger partial charge in [0.15, 0.2) is 0 Å². The predicted octanol–water partition coefficient (Wildman–Crippen LogP) is 2.06. The first kappa shape index (κ1) is 20.0. The maximum absolute atomic E-state index is 13.5. The van der Waals surface area contributed by atoms with Crippen molar-refractivity contribution in [2.24, 2.45) is 11.8 Å². The van der Waals surface area contributed by atoms with Crippen LogP contribution in [0.15, 0.2) is 18.2 Å². The van der Waals surface area contributed by atoms with Gasteiger partial charge in [0.25, 0.3) is 0 Å². The number of nitrogens with zero attached hydrogens (tertiary/aromatic N) is 1. The molecular weight excluding hydrogens is 393 g/mol. The number of rotatable bonds is 7. The monoisotopic (exact) mass is 423 g/mol. The molecule has 6 nitrogen and oxygen atoms in total. The van der Waals surface area contributed by atoms with E-state index in [1.165, 1.54) is 31.4 Å². The van der Waals surface area contributed by atoms with Crippen molar-refractivity contribution >= 4 is 11.6 Å². The normalized spacial score (nSPS) is 38.7. The van der Waals surface area contributed by atoms with Crippen LogP contribution in [0.4, 0.5) is 4.39 Å². The summed E-state index contributed by atoms with van der Waals surface area (Å²) in [6.45, 7) is 5.76. The summed E-state index contributed by atoms with van der Waals surface area (Å²) in [5.41, 5.74) is 3.78. The molecule has 0 aromatic heterocycles. The molecule has 0 spiro atoms. The fourth-order valence-electron chi connectivity index (χ4n) is 5.67. The van der Waals surface area contributed by atoms with Crippen molar-refractivity contribution in [3.8, 4) is 5.75 Å². The number of ether oxygens (including phenoxy) is 1. The van der Waals surface area contributed by atoms with Crippen LogP contribution < -0.4 is 26.1 Å². The lowest BCUT2D eigenvalue weighted by Gasteiger charge is -2.46. The molecule has 0 amide bonds. The van der Waals surface area contributed by atoms with Gasteiger partial charge in [0.2, 0.25) is 0 Å². The van der Waals surface area contributed by atoms with E-state index in [-0.39, 0.29) is 10.6 Å². The first-order valence-corrected chi connectivity index (χ1v) is 11.2. The zero-order valence-corrected chi connectivity index (χ0v) is 17.6. The SMILES string of the molecule is CC1CNN2CCC(NC34CC(C3)C(NCCOc3ccc(Cl)c(F)c3)C4)NC12. The molecule has 2 saturated heterocycles. The molecule has 4 N–H and O–H groups in total. The molecule has 2 heterocycles. The van der Waals surface area contributed by atoms with Gasteiger partial charge in [-0.05, 0) is 49.7 Å². The van der Waals surface area contributed by atoms with Crippen molar-refractivity contribution < 1.29 is 9.13 Å². The van der Waals surface area contributed by atoms with Gasteiger partial charge < -0.3 is 10.1 Å². The molecule has 1 aromatic rings. The zero-order valence-electron chi connectivity index (χ0n) is 16.9. The molecule has 6 rings (SSSR count). The first-order chi connectivity index (χ1) is 14.0. The molecule has 5 aliphatic rings. The molecule has 8 heteroatoms. The number of hydrogen-bond acceptors (Lipinski definition) is 6. The van der Waals surface area contributed by atoms with Gasteiger partial charge in [-0.15, -0.1) is 0 Å². The Bertz CT molecular complexity index is 746. The Hall–Kier alpha value is -0.960. The Balaban J connectivity index is 1.05. The average Bonchev–Trinajstić information content (AvgIpc) is 3.33. The molecule has 0 radical (unpaired) electrons. The average molecular weight is 424 g/mol. The Morgan fingerprint density at radius 1 is 1.34 bits per heavy atom. The maximum Gasteiger partial charge on any atom is 0.145 e. The molecule has 1 aromatic carbocycles. The number of hydrazine groups is 1. The van der Waals surface area contributed by atoms with Crippen molar-refractivity contribution in [2.45, 2.75) is 56.5 Å². The summed E-state index contributed by atoms with van der Waals surface area (Å²) in [5, 5.41) is 13.9. The molecule has 2 bridgehead atoms. The Labute approximate surface area is 176 Å². The fourth-order valence-corrected chi connectivity index (χ4v) is 5.79. The van der Waals surface area contributed by atoms with Crippen LogP contribution in [-0.4, -0.2) is 55.2 Å². The van der Waals surface area contributed by atoms with Crippen molar-refractivity contribution in [1.29, 1.82) is 0 Å². The number of fused-ring (bicyclic) bond motifs is 2. The minimum absolute atomic E-state index is 0.123. The lowest BCUT2D eigenvalue weighted by molar-refractivity contribution is 0.0529. The topological polar surface area (TPSA) is 60.6 Å². The molecule has 4 atom stereocenters. The summed E-state index contributed by atoms with van der Waals surface area (Å²) >= 11 is 5.71. The van der Waals surface area contributed by atoms with E-state index in [9.17, 15) is 4.39 Å². The van der Waals surface area contributed by atoms with Gasteiger partial charge in [0.1, 0.15) is 18.2 Å². The summed E-state index contributed by atoms with van der Waals surface area (Å²) < 4.78 is 19.1. The number of benzene rings is 1. The van der Waals surface area contributed by atoms with Crippen LogP contribution >= 0.6 is 11.6 Å². The third-order valence-electron chi connectivity index (χ3n) is 7.16. The van der Waals surface area contributed by atoms with Crippen LogP contribution in [0.25, 0.3) is 0 Å². The highest BCUT2D eigenvalue weighted by atomic mass is 35.5. The van der Waals surface area contributed by atoms with Crippen LogP contribution in [0.3, 0.4) is 0 Å². The number of halogens is 2. The Morgan fingerprint density at radius 3 is 3.03 bits per heavy atom. The zero-order chi connectivity index (χ0) is 20.0. The second-order valence-electron chi connectivity index (χ2n) is 9.27. The summed E-state index contributed by atoms with van der Waals surface area (Å²) in [6.07, 6.45) is 5.67. The van der Waals surface area contributed by atoms with E-state index < -0.39 is 5.82 Å². The van der Waals surface area contributed by atoms with E-state index in [1.807, 2.05) is 0 Å². The molecule has 3 aliphatic carbocycles. The van der Waals surface area contributed by atoms with Crippen molar-refractivity contribution in [3.63, 3.8) is 0 Å². The third kappa shape index (κ3) is 4.01. The van der Waals surface area contributed by atoms with Crippen LogP contribution in [0.1, 0.15) is 32.6 Å². The second-order valence-corrected chi connectivity index (χ2v) is 9.67. The van der Waals surface area contributed by atoms with Gasteiger partial charge >= 0.3 is 0 Å². The summed E-state index contributed by atoms with van der Waals surface area (Å²) in [7, 11) is 0. The van der Waals surface area contributed by atoms with E-state index in [0.29, 0.717) is 36.6 Å². The van der Waals surface area contributed by atoms with E-state index in [2.05, 4.69) is 33.3 Å². The number of hydrogen-bond donors (Lipinski definition) is 4. The predicted molar refractivity (Wildman–Crippen MR) is 111 cm³/mol. The van der Waals surface area contributed by atoms with Gasteiger partial charge in [0.05, 0.1) is 17.4 Å². The number of nitrogens with one attached hydrogen (secondary N) is 4. The maximum atomic E-state index is 13.5. The van der Waals surface area contributed by atoms with Gasteiger partial charge in [-0.25, -0.2) is 9.40 Å². The van der Waals surface area contributed by atoms with Gasteiger partial charge in [0, 0.05) is 37.3 Å². The lowest BCUT2D eigenvalue weighted by atomic mass is 9.76. The molecule has 3 saturated carbocycles. The van der Waals surface area contributed by atoms with Gasteiger partial charge in [-0.1, -0.05) is 18.5 Å². The Morgan fingerprint density at radius 2 is 2.21 bits per heavy atom. The smallest absolute Gasteiger partial charge is 0.145 e. The highest BCUT2D eigenvalue weighted by molar-refractivity contribution is 6.30. The van der Waals surface area contributed by atoms with E-state index in [1.54, 1.807) is 6.07 Å². The molecule has 2 aliphatic heterocycles. The van der Waals surface area contributed by atoms with E-state index >= 15 is 0 Å². The standard InChI is InChI=1S/C21H31ClFN5O/c1-13-12-25-28-6-4-19(26-20(13)28)27-21-9-14(10-21)18(11-21)24-5-7-29-15-2-3-16(22)17(23)8-15/h2-3,8,13-14,18-20,24-27H,4-7,9-12H2,1H3. The second kappa shape index (κ2) is 7.94. The van der Waals surface area contributed by atoms with Gasteiger partial charge in [-0.3, -0.25) is 16.1 Å². The van der Waals surface area contributed by atoms with Crippen LogP contribution in [0.2, 0.25) is 5.02 Å². The summed E-state index contributed by atoms with van der Waals surface area (Å²) in [6, 6.07) is 5.12. The van der Waals surface area contributed by atoms with Crippen LogP contribution in [-0.2, 0) is 0 Å². The molecule has 29 heavy (non-hydrogen) atoms. The summed E-state index contributed by atoms with van der Waals surface area (Å²) in [4.78, 5) is 0. The van der Waals surface area contributed by atoms with E-state index in [0.717, 1.165) is 32.0 Å². The molecule has 160 valence electrons. The van der Waals surface area contributed by atoms with E-state index in [4.69, 9.17) is 16.3 Å². The molecule has 5 fully saturated rings. The third-order valence-corrected chi connectivity index (χ3v) is 7.46. The Kier molecular flexibility index (Phi) is 5.47. The minimum Gasteiger partial charge on any atom is -0.492 e. The fraction of sp³-hybridized carbons (Fsp3) is 0.714. The lowest BCUT2D eigenvalue weighted by Crippen LogP contribution is -2.65. The minimum atomic E-state index is -0.441. The summed E-state index contributed by atoms with van der Waals surface area (Å²) in [5.74, 6) is 1.47. The largest absolute Gasteiger partial charge is 0.492 e. The first-order valence-electron chi connectivity index (χ1n) is 10.9. The van der Waals surface area contributed by atoms with Gasteiger partial charge in [-0.2, -0.15) is 0 Å². The quantitative estimate of drug-likeness (QED) is 0.504. The van der Waals surface area contributed by atoms with Crippen LogP contribution in [0, 0.1) is 17.7 Å². The highest BCUT2D eigenvalue weighted by Crippen LogP contribution is 2.52. The van der Waals surface area contributed by atoms with Crippen LogP contribution in [0.5, 0.6) is 5.75 Å². The van der Waals surface area contributed by atoms with Crippen molar-refractivity contribution in [2.75, 3.05) is 26.2 Å². The van der Waals surface area contributed by atoms with Crippen molar-refractivity contribution in [3.05, 3.63) is 29.0 Å².